The van der Waals surface area contributed by atoms with Crippen molar-refractivity contribution >= 4 is 37.3 Å². The van der Waals surface area contributed by atoms with Gasteiger partial charge in [0.2, 0.25) is 5.91 Å². The molecule has 0 spiro atoms. The third-order valence-corrected chi connectivity index (χ3v) is 4.91. The molecule has 1 rings (SSSR count). The molecule has 1 aliphatic heterocycles. The summed E-state index contributed by atoms with van der Waals surface area (Å²) in [6.45, 7) is 1.80. The number of rotatable bonds is 10. The predicted molar refractivity (Wildman–Crippen MR) is 115 cm³/mol. The van der Waals surface area contributed by atoms with Crippen LogP contribution in [0.3, 0.4) is 0 Å². The molecular formula is C18H32BN5O8. The lowest BCUT2D eigenvalue weighted by Crippen LogP contribution is -2.50. The van der Waals surface area contributed by atoms with Crippen LogP contribution >= 0.6 is 0 Å². The van der Waals surface area contributed by atoms with Crippen molar-refractivity contribution in [2.24, 2.45) is 0 Å². The first-order chi connectivity index (χ1) is 15.0. The van der Waals surface area contributed by atoms with Crippen LogP contribution in [0.25, 0.3) is 0 Å². The van der Waals surface area contributed by atoms with Gasteiger partial charge in [-0.1, -0.05) is 0 Å². The van der Waals surface area contributed by atoms with Gasteiger partial charge in [-0.2, -0.15) is 0 Å². The molecule has 4 N–H and O–H groups in total. The second-order valence-corrected chi connectivity index (χ2v) is 7.76. The second kappa shape index (κ2) is 14.5. The second-order valence-electron chi connectivity index (χ2n) is 7.76. The van der Waals surface area contributed by atoms with Crippen LogP contribution in [0.2, 0.25) is 0 Å². The smallest absolute Gasteiger partial charge is 0.317 e. The first kappa shape index (κ1) is 27.5. The van der Waals surface area contributed by atoms with Crippen molar-refractivity contribution in [2.45, 2.75) is 0 Å². The summed E-state index contributed by atoms with van der Waals surface area (Å²) in [4.78, 5) is 63.7. The van der Waals surface area contributed by atoms with E-state index in [2.05, 4.69) is 5.32 Å². The molecule has 14 heteroatoms. The minimum absolute atomic E-state index is 0.0136. The van der Waals surface area contributed by atoms with Crippen molar-refractivity contribution in [1.82, 2.24) is 24.9 Å². The molecule has 13 nitrogen and oxygen atoms in total. The van der Waals surface area contributed by atoms with Crippen molar-refractivity contribution in [2.75, 3.05) is 85.1 Å². The molecule has 0 aromatic carbocycles. The monoisotopic (exact) mass is 457 g/mol. The van der Waals surface area contributed by atoms with E-state index in [0.29, 0.717) is 52.4 Å². The molecule has 1 fully saturated rings. The third-order valence-electron chi connectivity index (χ3n) is 4.91. The normalized spacial score (nSPS) is 18.2. The highest BCUT2D eigenvalue weighted by molar-refractivity contribution is 6.58. The van der Waals surface area contributed by atoms with Crippen LogP contribution in [-0.2, 0) is 24.0 Å². The molecule has 0 aromatic rings. The molecule has 0 saturated carbocycles. The van der Waals surface area contributed by atoms with Gasteiger partial charge in [-0.3, -0.25) is 38.8 Å². The lowest BCUT2D eigenvalue weighted by atomic mass is 10.0. The Hall–Kier alpha value is -2.55. The molecule has 0 aliphatic carbocycles. The summed E-state index contributed by atoms with van der Waals surface area (Å²) in [6, 6.07) is 0. The Kier molecular flexibility index (Phi) is 12.5. The van der Waals surface area contributed by atoms with Gasteiger partial charge in [0.05, 0.1) is 32.7 Å². The van der Waals surface area contributed by atoms with Gasteiger partial charge >= 0.3 is 17.9 Å². The molecule has 0 bridgehead atoms. The SMILES string of the molecule is BC(=O)CNC(=O)CN1CCN(CC(=O)O)CCN(CC(=O)O)CCN(CC(=O)O)CC1. The summed E-state index contributed by atoms with van der Waals surface area (Å²) < 4.78 is 0. The maximum absolute atomic E-state index is 12.2. The van der Waals surface area contributed by atoms with E-state index in [9.17, 15) is 34.2 Å². The summed E-state index contributed by atoms with van der Waals surface area (Å²) in [6.07, 6.45) is 0. The van der Waals surface area contributed by atoms with E-state index in [-0.39, 0.29) is 44.3 Å². The molecule has 180 valence electrons. The number of nitrogens with zero attached hydrogens (tertiary/aromatic N) is 4. The molecule has 1 amide bonds. The molecule has 0 aromatic heterocycles. The Bertz CT molecular complexity index is 648. The summed E-state index contributed by atoms with van der Waals surface area (Å²) in [5.74, 6) is -3.40. The summed E-state index contributed by atoms with van der Waals surface area (Å²) in [5, 5.41) is 30.1. The fraction of sp³-hybridized carbons (Fsp3) is 0.722. The van der Waals surface area contributed by atoms with Gasteiger partial charge in [-0.25, -0.2) is 0 Å². The number of carbonyl (C=O) groups excluding carboxylic acids is 2. The number of carboxylic acids is 3. The number of hydrogen-bond donors (Lipinski definition) is 4. The van der Waals surface area contributed by atoms with Crippen LogP contribution in [-0.4, -0.2) is 157 Å². The quantitative estimate of drug-likeness (QED) is 0.233. The Balaban J connectivity index is 2.92. The molecule has 0 atom stereocenters. The van der Waals surface area contributed by atoms with Crippen LogP contribution in [0.15, 0.2) is 0 Å². The number of amides is 1. The molecule has 0 unspecified atom stereocenters. The van der Waals surface area contributed by atoms with Gasteiger partial charge in [0.25, 0.3) is 0 Å². The largest absolute Gasteiger partial charge is 0.480 e. The maximum Gasteiger partial charge on any atom is 0.317 e. The van der Waals surface area contributed by atoms with Crippen LogP contribution in [0.4, 0.5) is 0 Å². The highest BCUT2D eigenvalue weighted by Gasteiger charge is 2.21. The van der Waals surface area contributed by atoms with E-state index < -0.39 is 17.9 Å². The number of carboxylic acid groups (broad SMARTS) is 3. The highest BCUT2D eigenvalue weighted by Crippen LogP contribution is 2.01. The predicted octanol–water partition coefficient (Wildman–Crippen LogP) is -4.26. The summed E-state index contributed by atoms with van der Waals surface area (Å²) >= 11 is 0. The van der Waals surface area contributed by atoms with Crippen LogP contribution in [0.5, 0.6) is 0 Å². The molecular weight excluding hydrogens is 425 g/mol. The first-order valence-electron chi connectivity index (χ1n) is 10.4. The van der Waals surface area contributed by atoms with Crippen LogP contribution < -0.4 is 5.32 Å². The molecule has 1 saturated heterocycles. The van der Waals surface area contributed by atoms with E-state index in [1.165, 1.54) is 7.85 Å². The minimum atomic E-state index is -1.02. The van der Waals surface area contributed by atoms with E-state index in [4.69, 9.17) is 5.11 Å². The highest BCUT2D eigenvalue weighted by atomic mass is 16.4. The van der Waals surface area contributed by atoms with E-state index >= 15 is 0 Å². The van der Waals surface area contributed by atoms with Crippen molar-refractivity contribution in [1.29, 1.82) is 0 Å². The van der Waals surface area contributed by atoms with E-state index in [1.54, 1.807) is 19.6 Å². The molecule has 0 radical (unpaired) electrons. The van der Waals surface area contributed by atoms with Gasteiger partial charge in [-0.05, 0) is 0 Å². The Morgan fingerprint density at radius 1 is 0.594 bits per heavy atom. The molecule has 1 heterocycles. The summed E-state index contributed by atoms with van der Waals surface area (Å²) in [7, 11) is 1.36. The zero-order valence-corrected chi connectivity index (χ0v) is 18.4. The fourth-order valence-electron chi connectivity index (χ4n) is 3.27. The third kappa shape index (κ3) is 13.0. The maximum atomic E-state index is 12.2. The Morgan fingerprint density at radius 3 is 1.12 bits per heavy atom. The van der Waals surface area contributed by atoms with Crippen molar-refractivity contribution in [3.05, 3.63) is 0 Å². The van der Waals surface area contributed by atoms with Crippen LogP contribution in [0, 0.1) is 0 Å². The van der Waals surface area contributed by atoms with Gasteiger partial charge in [-0.15, -0.1) is 0 Å². The minimum Gasteiger partial charge on any atom is -0.480 e. The standard InChI is InChI=1S/C18H32BN5O8/c19-14(25)9-20-15(26)10-21-1-3-22(11-16(27)28)5-7-24(13-18(31)32)8-6-23(4-2-21)12-17(29)30/h1-13,19H2,(H,20,26)(H,27,28)(H,29,30)(H,31,32). The number of hydrogen-bond acceptors (Lipinski definition) is 9. The summed E-state index contributed by atoms with van der Waals surface area (Å²) in [5.41, 5.74) is -0.182. The Morgan fingerprint density at radius 2 is 0.875 bits per heavy atom. The topological polar surface area (TPSA) is 171 Å². The number of aliphatic carboxylic acids is 3. The van der Waals surface area contributed by atoms with E-state index in [1.807, 2.05) is 0 Å². The van der Waals surface area contributed by atoms with Crippen molar-refractivity contribution in [3.63, 3.8) is 0 Å². The van der Waals surface area contributed by atoms with Crippen molar-refractivity contribution < 1.29 is 39.3 Å². The fourth-order valence-corrected chi connectivity index (χ4v) is 3.27. The van der Waals surface area contributed by atoms with Crippen LogP contribution in [0.1, 0.15) is 0 Å². The lowest BCUT2D eigenvalue weighted by molar-refractivity contribution is -0.140. The van der Waals surface area contributed by atoms with Gasteiger partial charge in [0.15, 0.2) is 7.85 Å². The average Bonchev–Trinajstić information content (AvgIpc) is 2.67. The first-order valence-corrected chi connectivity index (χ1v) is 10.4. The van der Waals surface area contributed by atoms with Gasteiger partial charge < -0.3 is 25.4 Å². The van der Waals surface area contributed by atoms with Gasteiger partial charge in [0.1, 0.15) is 5.68 Å². The van der Waals surface area contributed by atoms with Crippen molar-refractivity contribution in [3.8, 4) is 0 Å². The number of nitrogens with one attached hydrogen (secondary N) is 1. The zero-order chi connectivity index (χ0) is 24.1. The average molecular weight is 457 g/mol. The number of carbonyl (C=O) groups is 5. The van der Waals surface area contributed by atoms with Gasteiger partial charge in [0, 0.05) is 52.4 Å². The molecule has 1 aliphatic rings. The zero-order valence-electron chi connectivity index (χ0n) is 18.4. The Labute approximate surface area is 187 Å². The molecule has 32 heavy (non-hydrogen) atoms. The lowest BCUT2D eigenvalue weighted by Gasteiger charge is -2.32. The van der Waals surface area contributed by atoms with E-state index in [0.717, 1.165) is 0 Å².